The maximum absolute atomic E-state index is 12.2. The van der Waals surface area contributed by atoms with Gasteiger partial charge in [-0.25, -0.2) is 0 Å². The van der Waals surface area contributed by atoms with Gasteiger partial charge in [0.15, 0.2) is 0 Å². The molecular weight excluding hydrogens is 288 g/mol. The number of anilines is 2. The lowest BCUT2D eigenvalue weighted by Gasteiger charge is -2.12. The van der Waals surface area contributed by atoms with Gasteiger partial charge in [-0.05, 0) is 48.9 Å². The number of rotatable bonds is 7. The molecule has 3 N–H and O–H groups in total. The number of hydrogen-bond donors (Lipinski definition) is 2. The second kappa shape index (κ2) is 7.18. The average molecular weight is 310 g/mol. The number of benzene rings is 2. The van der Waals surface area contributed by atoms with Gasteiger partial charge in [-0.2, -0.15) is 0 Å². The molecular formula is C19H22N2O2. The quantitative estimate of drug-likeness (QED) is 0.768. The minimum absolute atomic E-state index is 0.0317. The highest BCUT2D eigenvalue weighted by Gasteiger charge is 2.22. The molecule has 4 heteroatoms. The van der Waals surface area contributed by atoms with Crippen LogP contribution in [0.4, 0.5) is 11.4 Å². The second-order valence-electron chi connectivity index (χ2n) is 6.00. The van der Waals surface area contributed by atoms with Crippen molar-refractivity contribution in [1.82, 2.24) is 0 Å². The molecule has 1 aliphatic carbocycles. The molecule has 0 saturated heterocycles. The fraction of sp³-hybridized carbons (Fsp3) is 0.316. The fourth-order valence-corrected chi connectivity index (χ4v) is 2.41. The maximum atomic E-state index is 12.2. The first-order valence-corrected chi connectivity index (χ1v) is 8.07. The molecule has 0 atom stereocenters. The van der Waals surface area contributed by atoms with Crippen molar-refractivity contribution in [2.75, 3.05) is 17.7 Å². The maximum Gasteiger partial charge on any atom is 0.224 e. The normalized spacial score (nSPS) is 13.6. The number of amides is 1. The Hall–Kier alpha value is -2.49. The van der Waals surface area contributed by atoms with E-state index in [1.807, 2.05) is 48.5 Å². The SMILES string of the molecule is Nc1ccccc1CCC(=O)Nc1ccccc1OCC1CC1. The minimum atomic E-state index is -0.0317. The second-order valence-corrected chi connectivity index (χ2v) is 6.00. The van der Waals surface area contributed by atoms with Gasteiger partial charge >= 0.3 is 0 Å². The minimum Gasteiger partial charge on any atom is -0.491 e. The number of nitrogens with one attached hydrogen (secondary N) is 1. The number of para-hydroxylation sites is 3. The Morgan fingerprint density at radius 3 is 2.65 bits per heavy atom. The van der Waals surface area contributed by atoms with Crippen molar-refractivity contribution < 1.29 is 9.53 Å². The van der Waals surface area contributed by atoms with Gasteiger partial charge in [-0.1, -0.05) is 30.3 Å². The van der Waals surface area contributed by atoms with Crippen molar-refractivity contribution in [3.63, 3.8) is 0 Å². The molecule has 2 aromatic rings. The van der Waals surface area contributed by atoms with Gasteiger partial charge in [0.25, 0.3) is 0 Å². The summed E-state index contributed by atoms with van der Waals surface area (Å²) in [7, 11) is 0. The summed E-state index contributed by atoms with van der Waals surface area (Å²) in [5.41, 5.74) is 8.37. The van der Waals surface area contributed by atoms with E-state index < -0.39 is 0 Å². The molecule has 0 radical (unpaired) electrons. The third-order valence-electron chi connectivity index (χ3n) is 4.01. The van der Waals surface area contributed by atoms with E-state index in [4.69, 9.17) is 10.5 Å². The molecule has 23 heavy (non-hydrogen) atoms. The summed E-state index contributed by atoms with van der Waals surface area (Å²) >= 11 is 0. The highest BCUT2D eigenvalue weighted by Crippen LogP contribution is 2.31. The predicted molar refractivity (Wildman–Crippen MR) is 92.5 cm³/mol. The Morgan fingerprint density at radius 1 is 1.13 bits per heavy atom. The molecule has 0 heterocycles. The van der Waals surface area contributed by atoms with Crippen molar-refractivity contribution >= 4 is 17.3 Å². The zero-order valence-electron chi connectivity index (χ0n) is 13.1. The van der Waals surface area contributed by atoms with E-state index in [0.29, 0.717) is 18.8 Å². The number of carbonyl (C=O) groups excluding carboxylic acids is 1. The Morgan fingerprint density at radius 2 is 1.87 bits per heavy atom. The van der Waals surface area contributed by atoms with Crippen molar-refractivity contribution in [3.8, 4) is 5.75 Å². The van der Waals surface area contributed by atoms with Gasteiger partial charge in [0.1, 0.15) is 5.75 Å². The predicted octanol–water partition coefficient (Wildman–Crippen LogP) is 3.63. The molecule has 0 aliphatic heterocycles. The van der Waals surface area contributed by atoms with Crippen LogP contribution in [0.25, 0.3) is 0 Å². The van der Waals surface area contributed by atoms with E-state index in [1.165, 1.54) is 12.8 Å². The smallest absolute Gasteiger partial charge is 0.224 e. The van der Waals surface area contributed by atoms with Crippen molar-refractivity contribution in [1.29, 1.82) is 0 Å². The van der Waals surface area contributed by atoms with E-state index in [0.717, 1.165) is 29.3 Å². The van der Waals surface area contributed by atoms with Gasteiger partial charge in [0.05, 0.1) is 12.3 Å². The lowest BCUT2D eigenvalue weighted by molar-refractivity contribution is -0.116. The first-order chi connectivity index (χ1) is 11.2. The monoisotopic (exact) mass is 310 g/mol. The van der Waals surface area contributed by atoms with Crippen LogP contribution in [0, 0.1) is 5.92 Å². The number of carbonyl (C=O) groups is 1. The largest absolute Gasteiger partial charge is 0.491 e. The van der Waals surface area contributed by atoms with Crippen LogP contribution in [0.5, 0.6) is 5.75 Å². The van der Waals surface area contributed by atoms with Crippen molar-refractivity contribution in [2.45, 2.75) is 25.7 Å². The van der Waals surface area contributed by atoms with Crippen molar-refractivity contribution in [2.24, 2.45) is 5.92 Å². The van der Waals surface area contributed by atoms with Crippen LogP contribution in [0.3, 0.4) is 0 Å². The average Bonchev–Trinajstić information content (AvgIpc) is 3.38. The van der Waals surface area contributed by atoms with Gasteiger partial charge < -0.3 is 15.8 Å². The Bertz CT molecular complexity index is 681. The summed E-state index contributed by atoms with van der Waals surface area (Å²) in [6, 6.07) is 15.2. The molecule has 1 fully saturated rings. The highest BCUT2D eigenvalue weighted by atomic mass is 16.5. The standard InChI is InChI=1S/C19H22N2O2/c20-16-6-2-1-5-15(16)11-12-19(22)21-17-7-3-4-8-18(17)23-13-14-9-10-14/h1-8,14H,9-13,20H2,(H,21,22). The van der Waals surface area contributed by atoms with E-state index in [9.17, 15) is 4.79 Å². The Balaban J connectivity index is 1.55. The fourth-order valence-electron chi connectivity index (χ4n) is 2.41. The Labute approximate surface area is 136 Å². The van der Waals surface area contributed by atoms with Gasteiger partial charge in [-0.15, -0.1) is 0 Å². The molecule has 120 valence electrons. The molecule has 1 amide bonds. The molecule has 0 spiro atoms. The Kier molecular flexibility index (Phi) is 4.81. The summed E-state index contributed by atoms with van der Waals surface area (Å²) in [5, 5.41) is 2.94. The zero-order valence-corrected chi connectivity index (χ0v) is 13.1. The number of nitrogens with two attached hydrogens (primary N) is 1. The first-order valence-electron chi connectivity index (χ1n) is 8.07. The molecule has 0 unspecified atom stereocenters. The van der Waals surface area contributed by atoms with E-state index in [-0.39, 0.29) is 5.91 Å². The molecule has 1 saturated carbocycles. The van der Waals surface area contributed by atoms with E-state index >= 15 is 0 Å². The van der Waals surface area contributed by atoms with Crippen LogP contribution in [-0.2, 0) is 11.2 Å². The topological polar surface area (TPSA) is 64.4 Å². The van der Waals surface area contributed by atoms with Crippen LogP contribution in [0.2, 0.25) is 0 Å². The molecule has 0 aromatic heterocycles. The lowest BCUT2D eigenvalue weighted by atomic mass is 10.1. The first kappa shape index (κ1) is 15.4. The highest BCUT2D eigenvalue weighted by molar-refractivity contribution is 5.92. The van der Waals surface area contributed by atoms with Crippen LogP contribution in [0.1, 0.15) is 24.8 Å². The van der Waals surface area contributed by atoms with Gasteiger partial charge in [0.2, 0.25) is 5.91 Å². The number of ether oxygens (including phenoxy) is 1. The summed E-state index contributed by atoms with van der Waals surface area (Å²) in [6.07, 6.45) is 3.51. The summed E-state index contributed by atoms with van der Waals surface area (Å²) in [4.78, 5) is 12.2. The van der Waals surface area contributed by atoms with Crippen LogP contribution < -0.4 is 15.8 Å². The van der Waals surface area contributed by atoms with E-state index in [2.05, 4.69) is 5.32 Å². The lowest BCUT2D eigenvalue weighted by Crippen LogP contribution is -2.14. The summed E-state index contributed by atoms with van der Waals surface area (Å²) < 4.78 is 5.81. The number of aryl methyl sites for hydroxylation is 1. The van der Waals surface area contributed by atoms with Gasteiger partial charge in [-0.3, -0.25) is 4.79 Å². The van der Waals surface area contributed by atoms with Crippen LogP contribution >= 0.6 is 0 Å². The van der Waals surface area contributed by atoms with E-state index in [1.54, 1.807) is 0 Å². The summed E-state index contributed by atoms with van der Waals surface area (Å²) in [6.45, 7) is 0.730. The molecule has 3 rings (SSSR count). The number of nitrogen functional groups attached to an aromatic ring is 1. The van der Waals surface area contributed by atoms with Gasteiger partial charge in [0, 0.05) is 12.1 Å². The third kappa shape index (κ3) is 4.49. The van der Waals surface area contributed by atoms with Crippen LogP contribution in [0.15, 0.2) is 48.5 Å². The molecule has 1 aliphatic rings. The van der Waals surface area contributed by atoms with Crippen LogP contribution in [-0.4, -0.2) is 12.5 Å². The third-order valence-corrected chi connectivity index (χ3v) is 4.01. The molecule has 2 aromatic carbocycles. The van der Waals surface area contributed by atoms with Crippen molar-refractivity contribution in [3.05, 3.63) is 54.1 Å². The number of hydrogen-bond acceptors (Lipinski definition) is 3. The molecule has 0 bridgehead atoms. The zero-order chi connectivity index (χ0) is 16.1. The molecule has 4 nitrogen and oxygen atoms in total. The summed E-state index contributed by atoms with van der Waals surface area (Å²) in [5.74, 6) is 1.39.